The summed E-state index contributed by atoms with van der Waals surface area (Å²) in [5.74, 6) is 0.453. The first-order valence-corrected chi connectivity index (χ1v) is 9.93. The van der Waals surface area contributed by atoms with Crippen LogP contribution in [0.15, 0.2) is 54.6 Å². The van der Waals surface area contributed by atoms with Gasteiger partial charge < -0.3 is 20.7 Å². The molecular formula is C19H20Cl3N3O2S. The Morgan fingerprint density at radius 1 is 1.07 bits per heavy atom. The number of rotatable bonds is 7. The number of hydrogen-bond acceptors (Lipinski definition) is 3. The number of anilines is 1. The number of hydrogen-bond donors (Lipinski definition) is 3. The largest absolute Gasteiger partial charge is 0.497 e. The van der Waals surface area contributed by atoms with Gasteiger partial charge in [-0.3, -0.25) is 4.79 Å². The standard InChI is InChI=1S/C19H20Cl3N3O2S/c1-27-15-10-8-14(9-11-15)23-18(28)25-17(19(20,21)22)24-16(26)12-7-13-5-3-2-4-6-13/h2-6,8-11,17H,7,12H2,1H3,(H,24,26)(H2,23,25,28). The van der Waals surface area contributed by atoms with Crippen molar-refractivity contribution in [2.45, 2.75) is 22.8 Å². The van der Waals surface area contributed by atoms with Gasteiger partial charge in [-0.1, -0.05) is 65.1 Å². The second kappa shape index (κ2) is 10.7. The Morgan fingerprint density at radius 2 is 1.71 bits per heavy atom. The smallest absolute Gasteiger partial charge is 0.228 e. The molecule has 2 aromatic rings. The SMILES string of the molecule is COc1ccc(NC(=S)NC(NC(=O)CCc2ccccc2)C(Cl)(Cl)Cl)cc1. The number of aryl methyl sites for hydroxylation is 1. The highest BCUT2D eigenvalue weighted by molar-refractivity contribution is 7.80. The summed E-state index contributed by atoms with van der Waals surface area (Å²) in [4.78, 5) is 12.3. The summed E-state index contributed by atoms with van der Waals surface area (Å²) in [7, 11) is 1.58. The van der Waals surface area contributed by atoms with Crippen LogP contribution in [0.3, 0.4) is 0 Å². The third kappa shape index (κ3) is 7.72. The lowest BCUT2D eigenvalue weighted by molar-refractivity contribution is -0.121. The van der Waals surface area contributed by atoms with E-state index >= 15 is 0 Å². The molecule has 0 aliphatic heterocycles. The van der Waals surface area contributed by atoms with Crippen LogP contribution >= 0.6 is 47.0 Å². The molecule has 150 valence electrons. The molecule has 0 saturated heterocycles. The second-order valence-corrected chi connectivity index (χ2v) is 8.63. The Morgan fingerprint density at radius 3 is 2.29 bits per heavy atom. The maximum atomic E-state index is 12.3. The van der Waals surface area contributed by atoms with Crippen molar-refractivity contribution in [2.75, 3.05) is 12.4 Å². The van der Waals surface area contributed by atoms with Crippen molar-refractivity contribution in [3.63, 3.8) is 0 Å². The Labute approximate surface area is 184 Å². The average Bonchev–Trinajstić information content (AvgIpc) is 2.66. The summed E-state index contributed by atoms with van der Waals surface area (Å²) in [6.45, 7) is 0. The Balaban J connectivity index is 1.91. The fourth-order valence-corrected chi connectivity index (χ4v) is 2.87. The number of carbonyl (C=O) groups excluding carboxylic acids is 1. The first-order chi connectivity index (χ1) is 13.3. The van der Waals surface area contributed by atoms with Crippen LogP contribution in [-0.4, -0.2) is 28.1 Å². The summed E-state index contributed by atoms with van der Waals surface area (Å²) in [6.07, 6.45) is -0.172. The van der Waals surface area contributed by atoms with E-state index in [-0.39, 0.29) is 17.4 Å². The maximum Gasteiger partial charge on any atom is 0.228 e. The maximum absolute atomic E-state index is 12.3. The number of carbonyl (C=O) groups is 1. The van der Waals surface area contributed by atoms with Crippen LogP contribution in [0.2, 0.25) is 0 Å². The van der Waals surface area contributed by atoms with Gasteiger partial charge >= 0.3 is 0 Å². The van der Waals surface area contributed by atoms with E-state index in [4.69, 9.17) is 51.8 Å². The van der Waals surface area contributed by atoms with Gasteiger partial charge in [-0.15, -0.1) is 0 Å². The monoisotopic (exact) mass is 459 g/mol. The van der Waals surface area contributed by atoms with Crippen molar-refractivity contribution in [2.24, 2.45) is 0 Å². The fraction of sp³-hybridized carbons (Fsp3) is 0.263. The molecule has 1 atom stereocenters. The van der Waals surface area contributed by atoms with E-state index in [1.54, 1.807) is 31.4 Å². The molecule has 0 aliphatic rings. The molecule has 0 aliphatic carbocycles. The van der Waals surface area contributed by atoms with Crippen LogP contribution in [0.5, 0.6) is 5.75 Å². The number of amides is 1. The van der Waals surface area contributed by atoms with E-state index in [0.29, 0.717) is 12.2 Å². The minimum atomic E-state index is -1.80. The Hall–Kier alpha value is -1.73. The van der Waals surface area contributed by atoms with Crippen molar-refractivity contribution >= 4 is 63.7 Å². The highest BCUT2D eigenvalue weighted by Crippen LogP contribution is 2.29. The van der Waals surface area contributed by atoms with Crippen LogP contribution < -0.4 is 20.7 Å². The molecule has 3 N–H and O–H groups in total. The van der Waals surface area contributed by atoms with Gasteiger partial charge in [0.15, 0.2) is 5.11 Å². The summed E-state index contributed by atoms with van der Waals surface area (Å²) < 4.78 is 3.31. The molecule has 2 rings (SSSR count). The summed E-state index contributed by atoms with van der Waals surface area (Å²) >= 11 is 23.2. The fourth-order valence-electron chi connectivity index (χ4n) is 2.31. The predicted octanol–water partition coefficient (Wildman–Crippen LogP) is 4.43. The number of nitrogens with one attached hydrogen (secondary N) is 3. The van der Waals surface area contributed by atoms with E-state index in [1.807, 2.05) is 30.3 Å². The number of halogens is 3. The normalized spacial score (nSPS) is 12.0. The molecule has 1 amide bonds. The molecule has 0 radical (unpaired) electrons. The zero-order valence-corrected chi connectivity index (χ0v) is 18.1. The third-order valence-electron chi connectivity index (χ3n) is 3.74. The predicted molar refractivity (Wildman–Crippen MR) is 119 cm³/mol. The highest BCUT2D eigenvalue weighted by atomic mass is 35.6. The van der Waals surface area contributed by atoms with Gasteiger partial charge in [0, 0.05) is 12.1 Å². The van der Waals surface area contributed by atoms with E-state index in [0.717, 1.165) is 11.3 Å². The van der Waals surface area contributed by atoms with E-state index < -0.39 is 9.96 Å². The van der Waals surface area contributed by atoms with Crippen LogP contribution in [0.1, 0.15) is 12.0 Å². The zero-order valence-electron chi connectivity index (χ0n) is 15.0. The molecule has 0 saturated carbocycles. The van der Waals surface area contributed by atoms with Crippen molar-refractivity contribution in [1.82, 2.24) is 10.6 Å². The minimum absolute atomic E-state index is 0.199. The Bertz CT molecular complexity index is 783. The van der Waals surface area contributed by atoms with E-state index in [1.165, 1.54) is 0 Å². The molecule has 28 heavy (non-hydrogen) atoms. The zero-order chi connectivity index (χ0) is 20.6. The minimum Gasteiger partial charge on any atom is -0.497 e. The average molecular weight is 461 g/mol. The van der Waals surface area contributed by atoms with Crippen LogP contribution in [-0.2, 0) is 11.2 Å². The van der Waals surface area contributed by atoms with E-state index in [9.17, 15) is 4.79 Å². The number of benzene rings is 2. The molecule has 0 bridgehead atoms. The molecule has 0 fully saturated rings. The van der Waals surface area contributed by atoms with Crippen molar-refractivity contribution in [3.8, 4) is 5.75 Å². The van der Waals surface area contributed by atoms with Gasteiger partial charge in [0.1, 0.15) is 11.9 Å². The van der Waals surface area contributed by atoms with Gasteiger partial charge in [0.25, 0.3) is 0 Å². The number of ether oxygens (including phenoxy) is 1. The van der Waals surface area contributed by atoms with Crippen molar-refractivity contribution in [1.29, 1.82) is 0 Å². The molecular weight excluding hydrogens is 441 g/mol. The molecule has 0 spiro atoms. The summed E-state index contributed by atoms with van der Waals surface area (Å²) in [6, 6.07) is 16.8. The Kier molecular flexibility index (Phi) is 8.63. The second-order valence-electron chi connectivity index (χ2n) is 5.85. The number of thiocarbonyl (C=S) groups is 1. The molecule has 5 nitrogen and oxygen atoms in total. The molecule has 9 heteroatoms. The summed E-state index contributed by atoms with van der Waals surface area (Å²) in [5.41, 5.74) is 1.77. The highest BCUT2D eigenvalue weighted by Gasteiger charge is 2.34. The van der Waals surface area contributed by atoms with E-state index in [2.05, 4.69) is 16.0 Å². The first kappa shape index (κ1) is 22.6. The third-order valence-corrected chi connectivity index (χ3v) is 4.61. The van der Waals surface area contributed by atoms with Crippen molar-refractivity contribution in [3.05, 3.63) is 60.2 Å². The lowest BCUT2D eigenvalue weighted by atomic mass is 10.1. The van der Waals surface area contributed by atoms with Crippen molar-refractivity contribution < 1.29 is 9.53 Å². The first-order valence-electron chi connectivity index (χ1n) is 8.39. The number of methoxy groups -OCH3 is 1. The molecule has 0 aromatic heterocycles. The van der Waals surface area contributed by atoms with Crippen LogP contribution in [0.4, 0.5) is 5.69 Å². The quantitative estimate of drug-likeness (QED) is 0.324. The molecule has 1 unspecified atom stereocenters. The number of alkyl halides is 3. The molecule has 0 heterocycles. The van der Waals surface area contributed by atoms with Gasteiger partial charge in [0.2, 0.25) is 9.70 Å². The van der Waals surface area contributed by atoms with Crippen LogP contribution in [0, 0.1) is 0 Å². The van der Waals surface area contributed by atoms with Gasteiger partial charge in [-0.05, 0) is 48.5 Å². The van der Waals surface area contributed by atoms with Gasteiger partial charge in [-0.25, -0.2) is 0 Å². The lowest BCUT2D eigenvalue weighted by Crippen LogP contribution is -2.56. The molecule has 2 aromatic carbocycles. The van der Waals surface area contributed by atoms with Gasteiger partial charge in [-0.2, -0.15) is 0 Å². The van der Waals surface area contributed by atoms with Gasteiger partial charge in [0.05, 0.1) is 7.11 Å². The topological polar surface area (TPSA) is 62.4 Å². The van der Waals surface area contributed by atoms with Crippen LogP contribution in [0.25, 0.3) is 0 Å². The lowest BCUT2D eigenvalue weighted by Gasteiger charge is -2.27. The summed E-state index contributed by atoms with van der Waals surface area (Å²) in [5, 5.41) is 8.66.